The first-order chi connectivity index (χ1) is 15.3. The largest absolute Gasteiger partial charge is 0.372 e. The summed E-state index contributed by atoms with van der Waals surface area (Å²) in [6.45, 7) is 8.94. The molecule has 0 aliphatic carbocycles. The van der Waals surface area contributed by atoms with Gasteiger partial charge in [-0.1, -0.05) is 56.3 Å². The van der Waals surface area contributed by atoms with Crippen molar-refractivity contribution in [2.75, 3.05) is 11.4 Å². The third kappa shape index (κ3) is 5.20. The molecule has 168 valence electrons. The topological polar surface area (TPSA) is 35.5 Å². The molecule has 0 amide bonds. The first-order valence-electron chi connectivity index (χ1n) is 11.5. The van der Waals surface area contributed by atoms with Crippen LogP contribution in [-0.2, 0) is 25.2 Å². The van der Waals surface area contributed by atoms with Crippen molar-refractivity contribution in [1.29, 1.82) is 0 Å². The highest BCUT2D eigenvalue weighted by Gasteiger charge is 2.25. The average Bonchev–Trinajstić information content (AvgIpc) is 2.79. The second kappa shape index (κ2) is 9.70. The van der Waals surface area contributed by atoms with Crippen molar-refractivity contribution in [2.24, 2.45) is 0 Å². The lowest BCUT2D eigenvalue weighted by Crippen LogP contribution is -2.39. The van der Waals surface area contributed by atoms with Crippen LogP contribution >= 0.6 is 12.6 Å². The average molecular weight is 447 g/mol. The molecule has 3 aromatic rings. The number of hydrogen-bond acceptors (Lipinski definition) is 4. The summed E-state index contributed by atoms with van der Waals surface area (Å²) in [7, 11) is 0. The summed E-state index contributed by atoms with van der Waals surface area (Å²) in [6.07, 6.45) is 2.18. The number of anilines is 1. The molecule has 3 nitrogen and oxygen atoms in total. The number of aliphatic hydroxyl groups is 1. The van der Waals surface area contributed by atoms with Gasteiger partial charge in [0.1, 0.15) is 5.72 Å². The lowest BCUT2D eigenvalue weighted by Gasteiger charge is -2.34. The number of aryl methyl sites for hydroxylation is 1. The maximum atomic E-state index is 11.2. The van der Waals surface area contributed by atoms with Gasteiger partial charge in [-0.15, -0.1) is 12.6 Å². The number of benzene rings is 3. The molecule has 1 heterocycles. The van der Waals surface area contributed by atoms with E-state index in [0.717, 1.165) is 42.0 Å². The lowest BCUT2D eigenvalue weighted by molar-refractivity contribution is 0.0178. The lowest BCUT2D eigenvalue weighted by atomic mass is 9.93. The summed E-state index contributed by atoms with van der Waals surface area (Å²) in [4.78, 5) is 3.43. The zero-order valence-electron chi connectivity index (χ0n) is 19.3. The van der Waals surface area contributed by atoms with Crippen LogP contribution < -0.4 is 10.2 Å². The van der Waals surface area contributed by atoms with E-state index in [-0.39, 0.29) is 0 Å². The molecule has 2 N–H and O–H groups in total. The number of nitrogens with zero attached hydrogens (tertiary/aromatic N) is 1. The Hall–Kier alpha value is -2.27. The molecule has 1 aliphatic heterocycles. The van der Waals surface area contributed by atoms with E-state index in [0.29, 0.717) is 12.5 Å². The van der Waals surface area contributed by atoms with E-state index >= 15 is 0 Å². The predicted octanol–water partition coefficient (Wildman–Crippen LogP) is 6.01. The van der Waals surface area contributed by atoms with Gasteiger partial charge in [0.15, 0.2) is 0 Å². The van der Waals surface area contributed by atoms with Gasteiger partial charge in [0.05, 0.1) is 0 Å². The second-order valence-electron chi connectivity index (χ2n) is 9.31. The number of rotatable bonds is 7. The molecule has 0 fully saturated rings. The minimum Gasteiger partial charge on any atom is -0.372 e. The van der Waals surface area contributed by atoms with Crippen molar-refractivity contribution in [3.8, 4) is 0 Å². The highest BCUT2D eigenvalue weighted by atomic mass is 32.1. The minimum absolute atomic E-state index is 0.517. The van der Waals surface area contributed by atoms with E-state index in [1.54, 1.807) is 0 Å². The predicted molar refractivity (Wildman–Crippen MR) is 136 cm³/mol. The Bertz CT molecular complexity index is 1060. The number of fused-ring (bicyclic) bond motifs is 1. The van der Waals surface area contributed by atoms with Crippen LogP contribution in [0.3, 0.4) is 0 Å². The van der Waals surface area contributed by atoms with Gasteiger partial charge in [-0.2, -0.15) is 0 Å². The smallest absolute Gasteiger partial charge is 0.139 e. The third-order valence-electron chi connectivity index (χ3n) is 6.47. The normalized spacial score (nSPS) is 15.5. The third-order valence-corrected chi connectivity index (χ3v) is 6.77. The summed E-state index contributed by atoms with van der Waals surface area (Å²) in [5.41, 5.74) is 6.37. The van der Waals surface area contributed by atoms with Gasteiger partial charge in [-0.05, 0) is 77.8 Å². The van der Waals surface area contributed by atoms with Crippen LogP contribution in [0.1, 0.15) is 60.9 Å². The van der Waals surface area contributed by atoms with E-state index in [2.05, 4.69) is 79.2 Å². The van der Waals surface area contributed by atoms with Gasteiger partial charge in [0, 0.05) is 30.2 Å². The molecule has 4 heteroatoms. The Morgan fingerprint density at radius 1 is 1.06 bits per heavy atom. The molecule has 32 heavy (non-hydrogen) atoms. The number of hydrogen-bond donors (Lipinski definition) is 3. The van der Waals surface area contributed by atoms with Crippen LogP contribution in [0, 0.1) is 0 Å². The van der Waals surface area contributed by atoms with Crippen LogP contribution in [0.25, 0.3) is 0 Å². The Labute approximate surface area is 197 Å². The monoisotopic (exact) mass is 446 g/mol. The Kier molecular flexibility index (Phi) is 6.94. The van der Waals surface area contributed by atoms with Crippen molar-refractivity contribution < 1.29 is 5.11 Å². The van der Waals surface area contributed by atoms with Gasteiger partial charge in [0.25, 0.3) is 0 Å². The molecule has 0 saturated heterocycles. The summed E-state index contributed by atoms with van der Waals surface area (Å²) < 4.78 is 0. The molecule has 3 aromatic carbocycles. The van der Waals surface area contributed by atoms with E-state index < -0.39 is 5.72 Å². The van der Waals surface area contributed by atoms with E-state index in [9.17, 15) is 5.11 Å². The van der Waals surface area contributed by atoms with Crippen LogP contribution in [0.15, 0.2) is 71.6 Å². The number of thiol groups is 1. The zero-order chi connectivity index (χ0) is 22.7. The first-order valence-corrected chi connectivity index (χ1v) is 12.0. The molecular formula is C28H34N2OS. The Morgan fingerprint density at radius 3 is 2.56 bits per heavy atom. The SMILES string of the molecule is CC(C)c1ccccc1CN1CCCc2cc(C(C)(O)NCc3ccc(S)cc3)ccc21. The van der Waals surface area contributed by atoms with Gasteiger partial charge in [-0.25, -0.2) is 0 Å². The maximum Gasteiger partial charge on any atom is 0.139 e. The van der Waals surface area contributed by atoms with Gasteiger partial charge < -0.3 is 10.0 Å². The van der Waals surface area contributed by atoms with Crippen molar-refractivity contribution >= 4 is 18.3 Å². The van der Waals surface area contributed by atoms with Gasteiger partial charge in [-0.3, -0.25) is 5.32 Å². The van der Waals surface area contributed by atoms with Gasteiger partial charge >= 0.3 is 0 Å². The molecule has 0 saturated carbocycles. The highest BCUT2D eigenvalue weighted by Crippen LogP contribution is 2.33. The van der Waals surface area contributed by atoms with Crippen molar-refractivity contribution in [3.05, 3.63) is 94.5 Å². The summed E-state index contributed by atoms with van der Waals surface area (Å²) >= 11 is 4.34. The first kappa shape index (κ1) is 22.9. The summed E-state index contributed by atoms with van der Waals surface area (Å²) in [6, 6.07) is 23.2. The molecule has 4 rings (SSSR count). The second-order valence-corrected chi connectivity index (χ2v) is 9.83. The fourth-order valence-electron chi connectivity index (χ4n) is 4.58. The quantitative estimate of drug-likeness (QED) is 0.307. The van der Waals surface area contributed by atoms with Crippen molar-refractivity contribution in [3.63, 3.8) is 0 Å². The van der Waals surface area contributed by atoms with Crippen LogP contribution in [0.2, 0.25) is 0 Å². The fourth-order valence-corrected chi connectivity index (χ4v) is 4.73. The van der Waals surface area contributed by atoms with Crippen LogP contribution in [0.5, 0.6) is 0 Å². The van der Waals surface area contributed by atoms with E-state index in [1.165, 1.54) is 22.4 Å². The van der Waals surface area contributed by atoms with Crippen molar-refractivity contribution in [2.45, 2.75) is 63.2 Å². The molecule has 0 aromatic heterocycles. The molecular weight excluding hydrogens is 412 g/mol. The standard InChI is InChI=1S/C28H34N2OS/c1-20(2)26-9-5-4-7-23(26)19-30-16-6-8-22-17-24(12-15-27(22)30)28(3,31)29-18-21-10-13-25(32)14-11-21/h4-5,7,9-15,17,20,29,31-32H,6,8,16,18-19H2,1-3H3. The highest BCUT2D eigenvalue weighted by molar-refractivity contribution is 7.80. The summed E-state index contributed by atoms with van der Waals surface area (Å²) in [5.74, 6) is 0.517. The molecule has 0 radical (unpaired) electrons. The molecule has 0 bridgehead atoms. The molecule has 1 aliphatic rings. The van der Waals surface area contributed by atoms with Crippen molar-refractivity contribution in [1.82, 2.24) is 5.32 Å². The summed E-state index contributed by atoms with van der Waals surface area (Å²) in [5, 5.41) is 14.5. The van der Waals surface area contributed by atoms with E-state index in [4.69, 9.17) is 0 Å². The van der Waals surface area contributed by atoms with E-state index in [1.807, 2.05) is 31.2 Å². The zero-order valence-corrected chi connectivity index (χ0v) is 20.2. The molecule has 1 unspecified atom stereocenters. The fraction of sp³-hybridized carbons (Fsp3) is 0.357. The minimum atomic E-state index is -1.10. The molecule has 0 spiro atoms. The maximum absolute atomic E-state index is 11.2. The molecule has 1 atom stereocenters. The Morgan fingerprint density at radius 2 is 1.81 bits per heavy atom. The number of nitrogens with one attached hydrogen (secondary N) is 1. The van der Waals surface area contributed by atoms with Gasteiger partial charge in [0.2, 0.25) is 0 Å². The Balaban J connectivity index is 1.52. The van der Waals surface area contributed by atoms with Crippen LogP contribution in [-0.4, -0.2) is 11.7 Å². The van der Waals surface area contributed by atoms with Crippen LogP contribution in [0.4, 0.5) is 5.69 Å².